The molecule has 0 atom stereocenters. The summed E-state index contributed by atoms with van der Waals surface area (Å²) in [4.78, 5) is 25.4. The molecule has 0 bridgehead atoms. The average molecular weight is 281 g/mol. The smallest absolute Gasteiger partial charge is 0.330 e. The zero-order chi connectivity index (χ0) is 14.8. The van der Waals surface area contributed by atoms with Crippen LogP contribution in [0.15, 0.2) is 48.6 Å². The summed E-state index contributed by atoms with van der Waals surface area (Å²) in [5, 5.41) is 2.03. The van der Waals surface area contributed by atoms with Crippen LogP contribution < -0.4 is 4.90 Å². The Labute approximate surface area is 122 Å². The molecule has 4 nitrogen and oxygen atoms in total. The van der Waals surface area contributed by atoms with E-state index in [2.05, 4.69) is 0 Å². The summed E-state index contributed by atoms with van der Waals surface area (Å²) < 4.78 is 4.82. The highest BCUT2D eigenvalue weighted by molar-refractivity contribution is 6.25. The number of carbonyl (C=O) groups excluding carboxylic acids is 2. The summed E-state index contributed by atoms with van der Waals surface area (Å²) in [6.45, 7) is 2.45. The molecule has 1 heterocycles. The van der Waals surface area contributed by atoms with Crippen LogP contribution in [-0.2, 0) is 9.53 Å². The molecule has 1 amide bonds. The van der Waals surface area contributed by atoms with Gasteiger partial charge >= 0.3 is 5.97 Å². The summed E-state index contributed by atoms with van der Waals surface area (Å²) in [6.07, 6.45) is 3.01. The van der Waals surface area contributed by atoms with Crippen molar-refractivity contribution in [3.63, 3.8) is 0 Å². The standard InChI is InChI=1S/C17H15NO3/c1-2-21-15(19)10-5-11-18-14-9-4-7-12-6-3-8-13(16(12)14)17(18)20/h3-10H,2,11H2,1H3/b10-5+. The van der Waals surface area contributed by atoms with Crippen LogP contribution in [0, 0.1) is 0 Å². The number of carbonyl (C=O) groups is 2. The highest BCUT2D eigenvalue weighted by atomic mass is 16.5. The topological polar surface area (TPSA) is 46.6 Å². The third kappa shape index (κ3) is 2.29. The van der Waals surface area contributed by atoms with E-state index in [1.54, 1.807) is 17.9 Å². The van der Waals surface area contributed by atoms with Crippen molar-refractivity contribution in [3.05, 3.63) is 54.1 Å². The Morgan fingerprint density at radius 3 is 2.76 bits per heavy atom. The Hall–Kier alpha value is -2.62. The zero-order valence-corrected chi connectivity index (χ0v) is 11.7. The molecule has 0 aliphatic carbocycles. The van der Waals surface area contributed by atoms with Crippen molar-refractivity contribution in [2.45, 2.75) is 6.92 Å². The van der Waals surface area contributed by atoms with Crippen molar-refractivity contribution in [2.24, 2.45) is 0 Å². The van der Waals surface area contributed by atoms with Gasteiger partial charge in [-0.1, -0.05) is 30.3 Å². The van der Waals surface area contributed by atoms with Gasteiger partial charge in [0.1, 0.15) is 0 Å². The van der Waals surface area contributed by atoms with Crippen molar-refractivity contribution in [1.29, 1.82) is 0 Å². The zero-order valence-electron chi connectivity index (χ0n) is 11.7. The second-order valence-corrected chi connectivity index (χ2v) is 4.75. The molecule has 0 radical (unpaired) electrons. The number of anilines is 1. The summed E-state index contributed by atoms with van der Waals surface area (Å²) in [5.74, 6) is -0.421. The van der Waals surface area contributed by atoms with Gasteiger partial charge in [-0.05, 0) is 24.4 Å². The first-order valence-electron chi connectivity index (χ1n) is 6.89. The van der Waals surface area contributed by atoms with E-state index in [9.17, 15) is 9.59 Å². The van der Waals surface area contributed by atoms with Crippen LogP contribution in [0.5, 0.6) is 0 Å². The fourth-order valence-electron chi connectivity index (χ4n) is 2.61. The molecule has 3 rings (SSSR count). The van der Waals surface area contributed by atoms with Crippen molar-refractivity contribution >= 4 is 28.3 Å². The first-order valence-corrected chi connectivity index (χ1v) is 6.89. The highest BCUT2D eigenvalue weighted by Crippen LogP contribution is 2.36. The lowest BCUT2D eigenvalue weighted by molar-refractivity contribution is -0.137. The van der Waals surface area contributed by atoms with Crippen LogP contribution in [-0.4, -0.2) is 25.0 Å². The van der Waals surface area contributed by atoms with E-state index in [1.807, 2.05) is 36.4 Å². The van der Waals surface area contributed by atoms with E-state index in [4.69, 9.17) is 4.74 Å². The fourth-order valence-corrected chi connectivity index (χ4v) is 2.61. The van der Waals surface area contributed by atoms with Gasteiger partial charge in [0.15, 0.2) is 0 Å². The second-order valence-electron chi connectivity index (χ2n) is 4.75. The predicted octanol–water partition coefficient (Wildman–Crippen LogP) is 2.92. The molecular weight excluding hydrogens is 266 g/mol. The summed E-state index contributed by atoms with van der Waals surface area (Å²) in [5.41, 5.74) is 1.61. The lowest BCUT2D eigenvalue weighted by atomic mass is 10.1. The number of amides is 1. The molecule has 2 aromatic rings. The molecule has 0 saturated carbocycles. The number of rotatable bonds is 4. The minimum absolute atomic E-state index is 0.0321. The van der Waals surface area contributed by atoms with Gasteiger partial charge in [0.05, 0.1) is 12.3 Å². The molecule has 21 heavy (non-hydrogen) atoms. The maximum atomic E-state index is 12.5. The maximum Gasteiger partial charge on any atom is 0.330 e. The van der Waals surface area contributed by atoms with Gasteiger partial charge in [0, 0.05) is 23.6 Å². The minimum Gasteiger partial charge on any atom is -0.463 e. The van der Waals surface area contributed by atoms with E-state index < -0.39 is 0 Å². The molecular formula is C17H15NO3. The molecule has 0 N–H and O–H groups in total. The SMILES string of the molecule is CCOC(=O)/C=C/CN1C(=O)c2cccc3cccc1c23. The third-order valence-electron chi connectivity index (χ3n) is 3.48. The Bertz CT molecular complexity index is 744. The summed E-state index contributed by atoms with van der Waals surface area (Å²) in [6, 6.07) is 11.6. The van der Waals surface area contributed by atoms with Gasteiger partial charge in [-0.25, -0.2) is 4.79 Å². The number of hydrogen-bond donors (Lipinski definition) is 0. The Balaban J connectivity index is 1.88. The van der Waals surface area contributed by atoms with Gasteiger partial charge in [0.2, 0.25) is 0 Å². The van der Waals surface area contributed by atoms with E-state index in [0.717, 1.165) is 16.5 Å². The van der Waals surface area contributed by atoms with Crippen LogP contribution in [0.1, 0.15) is 17.3 Å². The normalized spacial score (nSPS) is 13.4. The van der Waals surface area contributed by atoms with Crippen molar-refractivity contribution < 1.29 is 14.3 Å². The van der Waals surface area contributed by atoms with Gasteiger partial charge in [-0.3, -0.25) is 4.79 Å². The number of nitrogens with zero attached hydrogens (tertiary/aromatic N) is 1. The van der Waals surface area contributed by atoms with Crippen LogP contribution >= 0.6 is 0 Å². The fraction of sp³-hybridized carbons (Fsp3) is 0.176. The van der Waals surface area contributed by atoms with Crippen LogP contribution in [0.25, 0.3) is 10.8 Å². The predicted molar refractivity (Wildman–Crippen MR) is 81.4 cm³/mol. The van der Waals surface area contributed by atoms with Gasteiger partial charge in [-0.2, -0.15) is 0 Å². The molecule has 106 valence electrons. The van der Waals surface area contributed by atoms with E-state index in [-0.39, 0.29) is 11.9 Å². The van der Waals surface area contributed by atoms with E-state index >= 15 is 0 Å². The van der Waals surface area contributed by atoms with Crippen LogP contribution in [0.3, 0.4) is 0 Å². The Morgan fingerprint density at radius 2 is 2.00 bits per heavy atom. The summed E-state index contributed by atoms with van der Waals surface area (Å²) >= 11 is 0. The largest absolute Gasteiger partial charge is 0.463 e. The third-order valence-corrected chi connectivity index (χ3v) is 3.48. The lowest BCUT2D eigenvalue weighted by Crippen LogP contribution is -2.26. The van der Waals surface area contributed by atoms with E-state index in [1.165, 1.54) is 6.08 Å². The number of hydrogen-bond acceptors (Lipinski definition) is 3. The highest BCUT2D eigenvalue weighted by Gasteiger charge is 2.28. The van der Waals surface area contributed by atoms with Crippen molar-refractivity contribution in [2.75, 3.05) is 18.1 Å². The molecule has 2 aromatic carbocycles. The van der Waals surface area contributed by atoms with Gasteiger partial charge < -0.3 is 9.64 Å². The van der Waals surface area contributed by atoms with Crippen molar-refractivity contribution in [3.8, 4) is 0 Å². The van der Waals surface area contributed by atoms with Gasteiger partial charge in [-0.15, -0.1) is 0 Å². The summed E-state index contributed by atoms with van der Waals surface area (Å²) in [7, 11) is 0. The molecule has 4 heteroatoms. The molecule has 0 unspecified atom stereocenters. The number of esters is 1. The second kappa shape index (κ2) is 5.40. The number of ether oxygens (including phenoxy) is 1. The number of benzene rings is 2. The monoisotopic (exact) mass is 281 g/mol. The Kier molecular flexibility index (Phi) is 3.44. The first-order chi connectivity index (χ1) is 10.2. The Morgan fingerprint density at radius 1 is 1.24 bits per heavy atom. The first kappa shape index (κ1) is 13.4. The molecule has 1 aliphatic heterocycles. The average Bonchev–Trinajstić information content (AvgIpc) is 2.76. The molecule has 0 spiro atoms. The minimum atomic E-state index is -0.389. The van der Waals surface area contributed by atoms with Crippen LogP contribution in [0.4, 0.5) is 5.69 Å². The molecule has 0 fully saturated rings. The van der Waals surface area contributed by atoms with E-state index in [0.29, 0.717) is 18.7 Å². The quantitative estimate of drug-likeness (QED) is 0.639. The lowest BCUT2D eigenvalue weighted by Gasteiger charge is -2.15. The van der Waals surface area contributed by atoms with Gasteiger partial charge in [0.25, 0.3) is 5.91 Å². The molecule has 0 saturated heterocycles. The molecule has 0 aromatic heterocycles. The van der Waals surface area contributed by atoms with Crippen molar-refractivity contribution in [1.82, 2.24) is 0 Å². The maximum absolute atomic E-state index is 12.5. The molecule has 1 aliphatic rings. The van der Waals surface area contributed by atoms with Crippen LogP contribution in [0.2, 0.25) is 0 Å².